The predicted molar refractivity (Wildman–Crippen MR) is 68.4 cm³/mol. The molecule has 1 amide bonds. The van der Waals surface area contributed by atoms with Crippen molar-refractivity contribution in [3.8, 4) is 5.75 Å². The largest absolute Gasteiger partial charge is 0.508 e. The molecule has 0 bridgehead atoms. The van der Waals surface area contributed by atoms with E-state index >= 15 is 0 Å². The molecule has 19 heavy (non-hydrogen) atoms. The first-order chi connectivity index (χ1) is 9.06. The maximum Gasteiger partial charge on any atom is 0.254 e. The van der Waals surface area contributed by atoms with Gasteiger partial charge in [0.25, 0.3) is 5.91 Å². The third-order valence-corrected chi connectivity index (χ3v) is 3.50. The Balaban J connectivity index is 1.90. The van der Waals surface area contributed by atoms with Gasteiger partial charge in [-0.05, 0) is 37.3 Å². The molecule has 0 aromatic heterocycles. The number of hydrogen-bond acceptors (Lipinski definition) is 3. The number of phenolic OH excluding ortho intramolecular Hbond substituents is 1. The van der Waals surface area contributed by atoms with Crippen molar-refractivity contribution >= 4 is 5.91 Å². The Morgan fingerprint density at radius 3 is 2.89 bits per heavy atom. The Labute approximate surface area is 111 Å². The number of hydrogen-bond donors (Lipinski definition) is 3. The molecule has 1 aromatic rings. The van der Waals surface area contributed by atoms with Gasteiger partial charge in [0.15, 0.2) is 0 Å². The standard InChI is InChI=1S/C14H18FNO3/c15-13-7-11(18)4-5-12(13)14(19)16-8-9-2-1-3-10(17)6-9/h4-5,7,9-10,17-18H,1-3,6,8H2,(H,16,19). The summed E-state index contributed by atoms with van der Waals surface area (Å²) in [4.78, 5) is 11.8. The lowest BCUT2D eigenvalue weighted by atomic mass is 9.87. The lowest BCUT2D eigenvalue weighted by molar-refractivity contribution is 0.0871. The first kappa shape index (κ1) is 13.8. The Kier molecular flexibility index (Phi) is 4.37. The molecule has 2 rings (SSSR count). The van der Waals surface area contributed by atoms with E-state index in [2.05, 4.69) is 5.32 Å². The van der Waals surface area contributed by atoms with Crippen LogP contribution in [0.3, 0.4) is 0 Å². The minimum atomic E-state index is -0.735. The molecular formula is C14H18FNO3. The van der Waals surface area contributed by atoms with Gasteiger partial charge in [-0.15, -0.1) is 0 Å². The van der Waals surface area contributed by atoms with Crippen LogP contribution in [-0.4, -0.2) is 28.8 Å². The molecule has 104 valence electrons. The Hall–Kier alpha value is -1.62. The predicted octanol–water partition coefficient (Wildman–Crippen LogP) is 1.81. The Bertz CT molecular complexity index is 464. The molecule has 1 fully saturated rings. The minimum Gasteiger partial charge on any atom is -0.508 e. The average Bonchev–Trinajstić information content (AvgIpc) is 2.36. The monoisotopic (exact) mass is 267 g/mol. The number of aliphatic hydroxyl groups excluding tert-OH is 1. The van der Waals surface area contributed by atoms with Crippen molar-refractivity contribution in [3.05, 3.63) is 29.6 Å². The number of amides is 1. The lowest BCUT2D eigenvalue weighted by Crippen LogP contribution is -2.33. The summed E-state index contributed by atoms with van der Waals surface area (Å²) in [6.07, 6.45) is 3.13. The molecule has 0 saturated heterocycles. The van der Waals surface area contributed by atoms with Gasteiger partial charge in [-0.3, -0.25) is 4.79 Å². The zero-order valence-corrected chi connectivity index (χ0v) is 10.6. The molecule has 0 radical (unpaired) electrons. The molecule has 1 saturated carbocycles. The normalized spacial score (nSPS) is 23.1. The van der Waals surface area contributed by atoms with Crippen molar-refractivity contribution in [3.63, 3.8) is 0 Å². The molecule has 4 nitrogen and oxygen atoms in total. The summed E-state index contributed by atoms with van der Waals surface area (Å²) in [5, 5.41) is 21.3. The van der Waals surface area contributed by atoms with Gasteiger partial charge in [-0.2, -0.15) is 0 Å². The van der Waals surface area contributed by atoms with E-state index in [1.807, 2.05) is 0 Å². The van der Waals surface area contributed by atoms with Gasteiger partial charge in [-0.25, -0.2) is 4.39 Å². The zero-order valence-electron chi connectivity index (χ0n) is 10.6. The summed E-state index contributed by atoms with van der Waals surface area (Å²) >= 11 is 0. The van der Waals surface area contributed by atoms with Crippen LogP contribution in [0.4, 0.5) is 4.39 Å². The van der Waals surface area contributed by atoms with Crippen LogP contribution in [0.1, 0.15) is 36.0 Å². The summed E-state index contributed by atoms with van der Waals surface area (Å²) in [5.41, 5.74) is -0.0749. The first-order valence-corrected chi connectivity index (χ1v) is 6.51. The number of benzene rings is 1. The van der Waals surface area contributed by atoms with Crippen molar-refractivity contribution in [2.24, 2.45) is 5.92 Å². The second kappa shape index (κ2) is 6.02. The van der Waals surface area contributed by atoms with Crippen molar-refractivity contribution in [1.29, 1.82) is 0 Å². The maximum atomic E-state index is 13.5. The SMILES string of the molecule is O=C(NCC1CCCC(O)C1)c1ccc(O)cc1F. The van der Waals surface area contributed by atoms with Crippen LogP contribution in [0.2, 0.25) is 0 Å². The van der Waals surface area contributed by atoms with E-state index in [1.165, 1.54) is 12.1 Å². The van der Waals surface area contributed by atoms with Gasteiger partial charge in [0.05, 0.1) is 11.7 Å². The molecule has 2 atom stereocenters. The number of aromatic hydroxyl groups is 1. The fourth-order valence-electron chi connectivity index (χ4n) is 2.47. The highest BCUT2D eigenvalue weighted by Gasteiger charge is 2.21. The fraction of sp³-hybridized carbons (Fsp3) is 0.500. The van der Waals surface area contributed by atoms with Gasteiger partial charge in [0, 0.05) is 12.6 Å². The number of aliphatic hydroxyl groups is 1. The van der Waals surface area contributed by atoms with Crippen molar-refractivity contribution in [2.45, 2.75) is 31.8 Å². The van der Waals surface area contributed by atoms with E-state index in [-0.39, 0.29) is 23.3 Å². The van der Waals surface area contributed by atoms with Gasteiger partial charge < -0.3 is 15.5 Å². The summed E-state index contributed by atoms with van der Waals surface area (Å²) in [5.74, 6) is -1.18. The lowest BCUT2D eigenvalue weighted by Gasteiger charge is -2.25. The molecule has 1 aromatic carbocycles. The Morgan fingerprint density at radius 1 is 1.42 bits per heavy atom. The van der Waals surface area contributed by atoms with Gasteiger partial charge in [0.2, 0.25) is 0 Å². The molecule has 5 heteroatoms. The summed E-state index contributed by atoms with van der Waals surface area (Å²) in [6.45, 7) is 0.441. The number of carbonyl (C=O) groups excluding carboxylic acids is 1. The van der Waals surface area contributed by atoms with Crippen molar-refractivity contribution < 1.29 is 19.4 Å². The highest BCUT2D eigenvalue weighted by atomic mass is 19.1. The van der Waals surface area contributed by atoms with E-state index in [4.69, 9.17) is 5.11 Å². The van der Waals surface area contributed by atoms with Crippen LogP contribution in [-0.2, 0) is 0 Å². The van der Waals surface area contributed by atoms with E-state index in [0.29, 0.717) is 13.0 Å². The molecule has 1 aliphatic rings. The second-order valence-electron chi connectivity index (χ2n) is 5.06. The topological polar surface area (TPSA) is 69.6 Å². The van der Waals surface area contributed by atoms with Gasteiger partial charge in [0.1, 0.15) is 11.6 Å². The summed E-state index contributed by atoms with van der Waals surface area (Å²) < 4.78 is 13.5. The highest BCUT2D eigenvalue weighted by molar-refractivity contribution is 5.94. The molecule has 2 unspecified atom stereocenters. The summed E-state index contributed by atoms with van der Waals surface area (Å²) in [7, 11) is 0. The van der Waals surface area contributed by atoms with Crippen molar-refractivity contribution in [1.82, 2.24) is 5.32 Å². The fourth-order valence-corrected chi connectivity index (χ4v) is 2.47. The van der Waals surface area contributed by atoms with E-state index in [9.17, 15) is 14.3 Å². The van der Waals surface area contributed by atoms with E-state index in [1.54, 1.807) is 0 Å². The van der Waals surface area contributed by atoms with Crippen LogP contribution in [0.15, 0.2) is 18.2 Å². The zero-order chi connectivity index (χ0) is 13.8. The third kappa shape index (κ3) is 3.67. The van der Waals surface area contributed by atoms with Crippen LogP contribution < -0.4 is 5.32 Å². The van der Waals surface area contributed by atoms with Crippen molar-refractivity contribution in [2.75, 3.05) is 6.54 Å². The Morgan fingerprint density at radius 2 is 2.21 bits per heavy atom. The van der Waals surface area contributed by atoms with Crippen LogP contribution >= 0.6 is 0 Å². The number of phenols is 1. The number of nitrogens with one attached hydrogen (secondary N) is 1. The van der Waals surface area contributed by atoms with E-state index < -0.39 is 11.7 Å². The second-order valence-corrected chi connectivity index (χ2v) is 5.06. The smallest absolute Gasteiger partial charge is 0.254 e. The van der Waals surface area contributed by atoms with Crippen LogP contribution in [0.5, 0.6) is 5.75 Å². The maximum absolute atomic E-state index is 13.5. The van der Waals surface area contributed by atoms with Gasteiger partial charge in [-0.1, -0.05) is 6.42 Å². The minimum absolute atomic E-state index is 0.0749. The number of carbonyl (C=O) groups is 1. The molecule has 0 heterocycles. The quantitative estimate of drug-likeness (QED) is 0.782. The average molecular weight is 267 g/mol. The molecular weight excluding hydrogens is 249 g/mol. The molecule has 1 aliphatic carbocycles. The third-order valence-electron chi connectivity index (χ3n) is 3.50. The molecule has 0 aliphatic heterocycles. The van der Waals surface area contributed by atoms with Crippen LogP contribution in [0, 0.1) is 11.7 Å². The van der Waals surface area contributed by atoms with E-state index in [0.717, 1.165) is 25.3 Å². The molecule has 0 spiro atoms. The molecule has 3 N–H and O–H groups in total. The van der Waals surface area contributed by atoms with Gasteiger partial charge >= 0.3 is 0 Å². The van der Waals surface area contributed by atoms with Crippen LogP contribution in [0.25, 0.3) is 0 Å². The summed E-state index contributed by atoms with van der Waals surface area (Å²) in [6, 6.07) is 3.46. The first-order valence-electron chi connectivity index (χ1n) is 6.51. The highest BCUT2D eigenvalue weighted by Crippen LogP contribution is 2.23. The number of halogens is 1. The number of rotatable bonds is 3.